The summed E-state index contributed by atoms with van der Waals surface area (Å²) in [6.07, 6.45) is 3.48. The number of hydrogen-bond acceptors (Lipinski definition) is 4. The number of hydrogen-bond donors (Lipinski definition) is 0. The molecule has 0 unspecified atom stereocenters. The Morgan fingerprint density at radius 3 is 2.93 bits per heavy atom. The van der Waals surface area contributed by atoms with E-state index in [1.165, 1.54) is 12.7 Å². The summed E-state index contributed by atoms with van der Waals surface area (Å²) in [5.74, 6) is 0.181. The summed E-state index contributed by atoms with van der Waals surface area (Å²) in [4.78, 5) is 0. The Balaban J connectivity index is 2.07. The number of fused-ring (bicyclic) bond motifs is 1. The molecule has 6 heteroatoms. The lowest BCUT2D eigenvalue weighted by Gasteiger charge is -2.17. The van der Waals surface area contributed by atoms with Gasteiger partial charge in [-0.05, 0) is 19.5 Å². The standard InChI is InChI=1S/C8H16NO3PS/c1-13-9-5-3-4-7(9)8(12-13)6-14(2,10)11/h7-8H,3-6H2,1-2H3/t7-,8+,13+/m0/s1. The fourth-order valence-corrected chi connectivity index (χ4v) is 5.09. The van der Waals surface area contributed by atoms with Crippen molar-refractivity contribution in [2.24, 2.45) is 0 Å². The number of nitrogens with zero attached hydrogens (tertiary/aromatic N) is 1. The van der Waals surface area contributed by atoms with E-state index in [9.17, 15) is 8.42 Å². The van der Waals surface area contributed by atoms with Crippen LogP contribution < -0.4 is 0 Å². The predicted molar refractivity (Wildman–Crippen MR) is 57.2 cm³/mol. The van der Waals surface area contributed by atoms with Crippen molar-refractivity contribution in [2.45, 2.75) is 25.0 Å². The highest BCUT2D eigenvalue weighted by molar-refractivity contribution is 7.90. The van der Waals surface area contributed by atoms with E-state index >= 15 is 0 Å². The SMILES string of the molecule is C[P@@]1O[C@H](CS(C)(=O)=O)[C@@H]2CCCN21. The predicted octanol–water partition coefficient (Wildman–Crippen LogP) is 0.836. The first-order chi connectivity index (χ1) is 6.47. The van der Waals surface area contributed by atoms with Crippen LogP contribution in [0, 0.1) is 0 Å². The molecule has 82 valence electrons. The number of rotatable bonds is 2. The van der Waals surface area contributed by atoms with Crippen LogP contribution in [0.2, 0.25) is 0 Å². The maximum absolute atomic E-state index is 11.2. The Labute approximate surface area is 86.4 Å². The van der Waals surface area contributed by atoms with Crippen LogP contribution in [0.15, 0.2) is 0 Å². The minimum Gasteiger partial charge on any atom is -0.338 e. The third kappa shape index (κ3) is 2.11. The Morgan fingerprint density at radius 2 is 2.29 bits per heavy atom. The van der Waals surface area contributed by atoms with Crippen LogP contribution in [0.25, 0.3) is 0 Å². The van der Waals surface area contributed by atoms with Gasteiger partial charge in [-0.15, -0.1) is 0 Å². The van der Waals surface area contributed by atoms with Crippen LogP contribution in [0.3, 0.4) is 0 Å². The molecule has 0 spiro atoms. The van der Waals surface area contributed by atoms with Crippen molar-refractivity contribution >= 4 is 18.1 Å². The van der Waals surface area contributed by atoms with Crippen molar-refractivity contribution < 1.29 is 12.9 Å². The van der Waals surface area contributed by atoms with Crippen molar-refractivity contribution in [3.63, 3.8) is 0 Å². The van der Waals surface area contributed by atoms with Crippen molar-refractivity contribution in [1.29, 1.82) is 0 Å². The zero-order valence-electron chi connectivity index (χ0n) is 8.51. The second-order valence-corrected chi connectivity index (χ2v) is 7.91. The van der Waals surface area contributed by atoms with Gasteiger partial charge in [0, 0.05) is 18.8 Å². The maximum atomic E-state index is 11.2. The third-order valence-corrected chi connectivity index (χ3v) is 5.55. The lowest BCUT2D eigenvalue weighted by atomic mass is 10.1. The monoisotopic (exact) mass is 237 g/mol. The molecule has 0 radical (unpaired) electrons. The molecule has 2 heterocycles. The van der Waals surface area contributed by atoms with Crippen LogP contribution in [-0.2, 0) is 14.4 Å². The first kappa shape index (κ1) is 10.8. The molecule has 0 bridgehead atoms. The molecule has 0 aromatic rings. The molecule has 2 saturated heterocycles. The third-order valence-electron chi connectivity index (χ3n) is 2.82. The van der Waals surface area contributed by atoms with Gasteiger partial charge >= 0.3 is 0 Å². The average Bonchev–Trinajstić information content (AvgIpc) is 2.54. The molecule has 14 heavy (non-hydrogen) atoms. The van der Waals surface area contributed by atoms with Gasteiger partial charge in [0.2, 0.25) is 0 Å². The van der Waals surface area contributed by atoms with Gasteiger partial charge in [-0.1, -0.05) is 0 Å². The first-order valence-corrected chi connectivity index (χ1v) is 8.54. The molecule has 3 atom stereocenters. The topological polar surface area (TPSA) is 46.6 Å². The van der Waals surface area contributed by atoms with Gasteiger partial charge in [-0.2, -0.15) is 0 Å². The van der Waals surface area contributed by atoms with Crippen LogP contribution in [0.1, 0.15) is 12.8 Å². The fourth-order valence-electron chi connectivity index (χ4n) is 2.27. The maximum Gasteiger partial charge on any atom is 0.150 e. The van der Waals surface area contributed by atoms with Gasteiger partial charge in [0.05, 0.1) is 11.9 Å². The van der Waals surface area contributed by atoms with E-state index in [0.717, 1.165) is 13.0 Å². The van der Waals surface area contributed by atoms with Crippen LogP contribution >= 0.6 is 8.30 Å². The molecule has 2 rings (SSSR count). The second kappa shape index (κ2) is 3.71. The molecular formula is C8H16NO3PS. The lowest BCUT2D eigenvalue weighted by Crippen LogP contribution is -2.33. The van der Waals surface area contributed by atoms with Crippen molar-refractivity contribution in [3.05, 3.63) is 0 Å². The Hall–Kier alpha value is 0.300. The lowest BCUT2D eigenvalue weighted by molar-refractivity contribution is 0.234. The highest BCUT2D eigenvalue weighted by atomic mass is 32.2. The summed E-state index contributed by atoms with van der Waals surface area (Å²) in [5.41, 5.74) is 0. The van der Waals surface area contributed by atoms with Crippen molar-refractivity contribution in [1.82, 2.24) is 4.67 Å². The Kier molecular flexibility index (Phi) is 2.86. The summed E-state index contributed by atoms with van der Waals surface area (Å²) in [7, 11) is -3.44. The van der Waals surface area contributed by atoms with Crippen LogP contribution in [0.5, 0.6) is 0 Å². The second-order valence-electron chi connectivity index (χ2n) is 4.07. The summed E-state index contributed by atoms with van der Waals surface area (Å²) >= 11 is 0. The molecule has 0 N–H and O–H groups in total. The Morgan fingerprint density at radius 1 is 1.57 bits per heavy atom. The quantitative estimate of drug-likeness (QED) is 0.668. The van der Waals surface area contributed by atoms with Crippen molar-refractivity contribution in [3.8, 4) is 0 Å². The summed E-state index contributed by atoms with van der Waals surface area (Å²) in [5, 5.41) is 0. The summed E-state index contributed by atoms with van der Waals surface area (Å²) in [6, 6.07) is 0.362. The van der Waals surface area contributed by atoms with Crippen LogP contribution in [0.4, 0.5) is 0 Å². The van der Waals surface area contributed by atoms with Gasteiger partial charge in [-0.3, -0.25) is 4.67 Å². The molecular weight excluding hydrogens is 221 g/mol. The molecule has 4 nitrogen and oxygen atoms in total. The minimum absolute atomic E-state index is 0.0800. The molecule has 0 saturated carbocycles. The van der Waals surface area contributed by atoms with Gasteiger partial charge < -0.3 is 4.52 Å². The van der Waals surface area contributed by atoms with E-state index in [1.54, 1.807) is 0 Å². The highest BCUT2D eigenvalue weighted by Gasteiger charge is 2.44. The van der Waals surface area contributed by atoms with E-state index in [2.05, 4.69) is 11.3 Å². The summed E-state index contributed by atoms with van der Waals surface area (Å²) < 4.78 is 30.4. The van der Waals surface area contributed by atoms with Crippen molar-refractivity contribution in [2.75, 3.05) is 25.2 Å². The van der Waals surface area contributed by atoms with E-state index in [4.69, 9.17) is 4.52 Å². The van der Waals surface area contributed by atoms with E-state index in [0.29, 0.717) is 6.04 Å². The van der Waals surface area contributed by atoms with E-state index < -0.39 is 18.1 Å². The normalized spacial score (nSPS) is 38.9. The van der Waals surface area contributed by atoms with Crippen LogP contribution in [-0.4, -0.2) is 50.5 Å². The summed E-state index contributed by atoms with van der Waals surface area (Å²) in [6.45, 7) is 3.14. The molecule has 0 aromatic heterocycles. The fraction of sp³-hybridized carbons (Fsp3) is 1.00. The van der Waals surface area contributed by atoms with Gasteiger partial charge in [0.15, 0.2) is 0 Å². The zero-order valence-corrected chi connectivity index (χ0v) is 10.2. The average molecular weight is 237 g/mol. The zero-order chi connectivity index (χ0) is 10.3. The largest absolute Gasteiger partial charge is 0.338 e. The number of sulfone groups is 1. The highest BCUT2D eigenvalue weighted by Crippen LogP contribution is 2.52. The minimum atomic E-state index is -2.91. The smallest absolute Gasteiger partial charge is 0.150 e. The van der Waals surface area contributed by atoms with E-state index in [1.807, 2.05) is 0 Å². The van der Waals surface area contributed by atoms with Gasteiger partial charge in [-0.25, -0.2) is 8.42 Å². The molecule has 0 aromatic carbocycles. The van der Waals surface area contributed by atoms with E-state index in [-0.39, 0.29) is 11.9 Å². The Bertz CT molecular complexity index is 319. The molecule has 2 aliphatic rings. The molecule has 2 fully saturated rings. The van der Waals surface area contributed by atoms with Gasteiger partial charge in [0.1, 0.15) is 18.1 Å². The van der Waals surface area contributed by atoms with Gasteiger partial charge in [0.25, 0.3) is 0 Å². The first-order valence-electron chi connectivity index (χ1n) is 4.82. The molecule has 0 amide bonds. The molecule has 2 aliphatic heterocycles. The molecule has 0 aliphatic carbocycles.